The number of nitrogens with zero attached hydrogens (tertiary/aromatic N) is 1. The summed E-state index contributed by atoms with van der Waals surface area (Å²) in [4.78, 5) is 0. The van der Waals surface area contributed by atoms with Crippen LogP contribution < -0.4 is 0 Å². The second-order valence-electron chi connectivity index (χ2n) is 6.98. The number of nitriles is 1. The summed E-state index contributed by atoms with van der Waals surface area (Å²) < 4.78 is 13.6. The van der Waals surface area contributed by atoms with Crippen molar-refractivity contribution in [3.8, 4) is 17.9 Å². The molecule has 0 amide bonds. The summed E-state index contributed by atoms with van der Waals surface area (Å²) in [6.45, 7) is 2.25. The van der Waals surface area contributed by atoms with Crippen LogP contribution >= 0.6 is 0 Å². The molecule has 0 bridgehead atoms. The molecule has 0 aliphatic rings. The summed E-state index contributed by atoms with van der Waals surface area (Å²) in [5.41, 5.74) is 2.88. The molecule has 2 aromatic rings. The topological polar surface area (TPSA) is 23.8 Å². The fourth-order valence-corrected chi connectivity index (χ4v) is 3.05. The Morgan fingerprint density at radius 3 is 2.00 bits per heavy atom. The van der Waals surface area contributed by atoms with Crippen LogP contribution in [0.2, 0.25) is 0 Å². The molecule has 140 valence electrons. The smallest absolute Gasteiger partial charge is 0.142 e. The molecule has 0 radical (unpaired) electrons. The predicted octanol–water partition coefficient (Wildman–Crippen LogP) is 6.78. The molecule has 0 atom stereocenters. The first-order valence-electron chi connectivity index (χ1n) is 10.0. The summed E-state index contributed by atoms with van der Waals surface area (Å²) in [5.74, 6) is 5.48. The van der Waals surface area contributed by atoms with Gasteiger partial charge in [-0.3, -0.25) is 0 Å². The van der Waals surface area contributed by atoms with Crippen molar-refractivity contribution in [3.05, 3.63) is 70.5 Å². The first-order valence-corrected chi connectivity index (χ1v) is 10.0. The van der Waals surface area contributed by atoms with Gasteiger partial charge in [0.2, 0.25) is 0 Å². The van der Waals surface area contributed by atoms with Crippen LogP contribution in [0.1, 0.15) is 80.5 Å². The second kappa shape index (κ2) is 11.9. The zero-order chi connectivity index (χ0) is 19.3. The summed E-state index contributed by atoms with van der Waals surface area (Å²) in [5, 5.41) is 8.75. The Kier molecular flexibility index (Phi) is 9.15. The van der Waals surface area contributed by atoms with E-state index in [-0.39, 0.29) is 5.56 Å². The number of aryl methyl sites for hydroxylation is 1. The Morgan fingerprint density at radius 1 is 0.778 bits per heavy atom. The van der Waals surface area contributed by atoms with Gasteiger partial charge in [-0.15, -0.1) is 0 Å². The van der Waals surface area contributed by atoms with Gasteiger partial charge in [0.15, 0.2) is 0 Å². The van der Waals surface area contributed by atoms with Gasteiger partial charge in [0.25, 0.3) is 0 Å². The lowest BCUT2D eigenvalue weighted by Crippen LogP contribution is -1.87. The van der Waals surface area contributed by atoms with Crippen molar-refractivity contribution in [1.82, 2.24) is 0 Å². The molecule has 0 unspecified atom stereocenters. The van der Waals surface area contributed by atoms with Crippen molar-refractivity contribution in [2.45, 2.75) is 64.7 Å². The average molecular weight is 362 g/mol. The predicted molar refractivity (Wildman–Crippen MR) is 110 cm³/mol. The van der Waals surface area contributed by atoms with Crippen LogP contribution in [0.4, 0.5) is 4.39 Å². The minimum Gasteiger partial charge on any atom is -0.206 e. The van der Waals surface area contributed by atoms with E-state index in [1.807, 2.05) is 18.2 Å². The molecule has 2 rings (SSSR count). The molecule has 0 fully saturated rings. The van der Waals surface area contributed by atoms with E-state index in [2.05, 4.69) is 30.9 Å². The normalized spacial score (nSPS) is 10.1. The number of rotatable bonds is 9. The van der Waals surface area contributed by atoms with E-state index in [0.29, 0.717) is 5.56 Å². The molecule has 0 N–H and O–H groups in total. The van der Waals surface area contributed by atoms with Gasteiger partial charge in [-0.05, 0) is 48.7 Å². The first kappa shape index (κ1) is 20.7. The van der Waals surface area contributed by atoms with Crippen LogP contribution in [-0.4, -0.2) is 0 Å². The number of hydrogen-bond donors (Lipinski definition) is 0. The summed E-state index contributed by atoms with van der Waals surface area (Å²) in [6, 6.07) is 14.6. The van der Waals surface area contributed by atoms with Gasteiger partial charge in [0.05, 0.1) is 5.56 Å². The van der Waals surface area contributed by atoms with E-state index in [9.17, 15) is 4.39 Å². The highest BCUT2D eigenvalue weighted by atomic mass is 19.1. The molecule has 27 heavy (non-hydrogen) atoms. The molecule has 1 nitrogen and oxygen atoms in total. The third-order valence-corrected chi connectivity index (χ3v) is 4.71. The number of unbranched alkanes of at least 4 members (excludes halogenated alkanes) is 7. The molecule has 0 spiro atoms. The van der Waals surface area contributed by atoms with E-state index in [0.717, 1.165) is 12.0 Å². The van der Waals surface area contributed by atoms with Crippen LogP contribution in [0.25, 0.3) is 0 Å². The molecule has 0 aromatic heterocycles. The summed E-state index contributed by atoms with van der Waals surface area (Å²) >= 11 is 0. The molecular formula is C25H28FN. The SMILES string of the molecule is CCCCCCCCCCc1ccc(C#Cc2ccc(C#N)c(F)c2)cc1. The maximum absolute atomic E-state index is 13.6. The zero-order valence-corrected chi connectivity index (χ0v) is 16.2. The highest BCUT2D eigenvalue weighted by Crippen LogP contribution is 2.12. The third-order valence-electron chi connectivity index (χ3n) is 4.71. The van der Waals surface area contributed by atoms with Gasteiger partial charge < -0.3 is 0 Å². The van der Waals surface area contributed by atoms with Crippen molar-refractivity contribution in [1.29, 1.82) is 5.26 Å². The standard InChI is InChI=1S/C25H28FN/c1-2-3-4-5-6-7-8-9-10-21-11-13-22(14-12-21)15-16-23-17-18-24(20-27)25(26)19-23/h11-14,17-19H,2-10H2,1H3. The molecule has 2 heteroatoms. The Morgan fingerprint density at radius 2 is 1.37 bits per heavy atom. The molecule has 2 aromatic carbocycles. The Hall–Kier alpha value is -2.58. The Labute approximate surface area is 163 Å². The van der Waals surface area contributed by atoms with Gasteiger partial charge >= 0.3 is 0 Å². The Bertz CT molecular complexity index is 803. The van der Waals surface area contributed by atoms with Crippen molar-refractivity contribution in [2.24, 2.45) is 0 Å². The number of hydrogen-bond acceptors (Lipinski definition) is 1. The summed E-state index contributed by atoms with van der Waals surface area (Å²) in [7, 11) is 0. The minimum absolute atomic E-state index is 0.0471. The van der Waals surface area contributed by atoms with E-state index < -0.39 is 5.82 Å². The fourth-order valence-electron chi connectivity index (χ4n) is 3.05. The van der Waals surface area contributed by atoms with Gasteiger partial charge in [-0.25, -0.2) is 4.39 Å². The van der Waals surface area contributed by atoms with Crippen molar-refractivity contribution in [3.63, 3.8) is 0 Å². The summed E-state index contributed by atoms with van der Waals surface area (Å²) in [6.07, 6.45) is 11.8. The van der Waals surface area contributed by atoms with Gasteiger partial charge in [0, 0.05) is 11.1 Å². The van der Waals surface area contributed by atoms with Gasteiger partial charge in [-0.1, -0.05) is 75.8 Å². The zero-order valence-electron chi connectivity index (χ0n) is 16.2. The van der Waals surface area contributed by atoms with Crippen molar-refractivity contribution >= 4 is 0 Å². The highest BCUT2D eigenvalue weighted by Gasteiger charge is 2.00. The van der Waals surface area contributed by atoms with Gasteiger partial charge in [0.1, 0.15) is 11.9 Å². The monoisotopic (exact) mass is 361 g/mol. The van der Waals surface area contributed by atoms with Crippen molar-refractivity contribution in [2.75, 3.05) is 0 Å². The molecule has 0 heterocycles. The highest BCUT2D eigenvalue weighted by molar-refractivity contribution is 5.45. The molecule has 0 aliphatic carbocycles. The third kappa shape index (κ3) is 7.67. The van der Waals surface area contributed by atoms with Crippen LogP contribution in [0.5, 0.6) is 0 Å². The fraction of sp³-hybridized carbons (Fsp3) is 0.400. The van der Waals surface area contributed by atoms with E-state index in [1.165, 1.54) is 69.1 Å². The second-order valence-corrected chi connectivity index (χ2v) is 6.98. The maximum Gasteiger partial charge on any atom is 0.142 e. The molecule has 0 saturated heterocycles. The van der Waals surface area contributed by atoms with E-state index >= 15 is 0 Å². The lowest BCUT2D eigenvalue weighted by atomic mass is 10.0. The van der Waals surface area contributed by atoms with E-state index in [1.54, 1.807) is 6.07 Å². The largest absolute Gasteiger partial charge is 0.206 e. The van der Waals surface area contributed by atoms with E-state index in [4.69, 9.17) is 5.26 Å². The van der Waals surface area contributed by atoms with Crippen LogP contribution in [0.15, 0.2) is 42.5 Å². The molecular weight excluding hydrogens is 333 g/mol. The minimum atomic E-state index is -0.523. The first-order chi connectivity index (χ1) is 13.2. The lowest BCUT2D eigenvalue weighted by molar-refractivity contribution is 0.575. The molecule has 0 saturated carbocycles. The quantitative estimate of drug-likeness (QED) is 0.357. The van der Waals surface area contributed by atoms with Crippen LogP contribution in [-0.2, 0) is 6.42 Å². The van der Waals surface area contributed by atoms with Crippen LogP contribution in [0, 0.1) is 29.0 Å². The van der Waals surface area contributed by atoms with Crippen molar-refractivity contribution < 1.29 is 4.39 Å². The van der Waals surface area contributed by atoms with Crippen LogP contribution in [0.3, 0.4) is 0 Å². The number of halogens is 1. The maximum atomic E-state index is 13.6. The average Bonchev–Trinajstić information content (AvgIpc) is 2.69. The van der Waals surface area contributed by atoms with Gasteiger partial charge in [-0.2, -0.15) is 5.26 Å². The number of benzene rings is 2. The lowest BCUT2D eigenvalue weighted by Gasteiger charge is -2.03. The molecule has 0 aliphatic heterocycles. The Balaban J connectivity index is 1.76.